The van der Waals surface area contributed by atoms with Crippen molar-refractivity contribution in [2.24, 2.45) is 5.92 Å². The predicted octanol–water partition coefficient (Wildman–Crippen LogP) is 4.08. The van der Waals surface area contributed by atoms with Gasteiger partial charge in [-0.05, 0) is 42.9 Å². The lowest BCUT2D eigenvalue weighted by atomic mass is 10.0. The summed E-state index contributed by atoms with van der Waals surface area (Å²) in [5.74, 6) is -0.932. The molecule has 0 radical (unpaired) electrons. The number of amides is 1. The zero-order valence-electron chi connectivity index (χ0n) is 18.5. The Kier molecular flexibility index (Phi) is 7.81. The van der Waals surface area contributed by atoms with Gasteiger partial charge in [0, 0.05) is 24.7 Å². The minimum atomic E-state index is -0.844. The Morgan fingerprint density at radius 3 is 2.44 bits per heavy atom. The Bertz CT molecular complexity index is 955. The third kappa shape index (κ3) is 6.06. The quantitative estimate of drug-likeness (QED) is 0.359. The fourth-order valence-electron chi connectivity index (χ4n) is 3.79. The number of carbonyl (C=O) groups is 2. The van der Waals surface area contributed by atoms with Crippen LogP contribution in [0.15, 0.2) is 48.5 Å². The number of nitro groups is 1. The van der Waals surface area contributed by atoms with Crippen LogP contribution in [-0.4, -0.2) is 35.9 Å². The molecule has 1 aliphatic heterocycles. The second-order valence-electron chi connectivity index (χ2n) is 8.40. The van der Waals surface area contributed by atoms with Gasteiger partial charge in [-0.3, -0.25) is 14.9 Å². The molecule has 0 saturated carbocycles. The van der Waals surface area contributed by atoms with Crippen molar-refractivity contribution in [2.75, 3.05) is 18.0 Å². The molecule has 0 bridgehead atoms. The lowest BCUT2D eigenvalue weighted by molar-refractivity contribution is -0.384. The summed E-state index contributed by atoms with van der Waals surface area (Å²) in [4.78, 5) is 38.7. The molecule has 2 aromatic carbocycles. The number of hydrogen-bond acceptors (Lipinski definition) is 6. The molecule has 0 aliphatic carbocycles. The number of esters is 1. The van der Waals surface area contributed by atoms with Crippen LogP contribution in [0.2, 0.25) is 0 Å². The maximum absolute atomic E-state index is 12.9. The summed E-state index contributed by atoms with van der Waals surface area (Å²) in [6.07, 6.45) is 2.37. The van der Waals surface area contributed by atoms with Gasteiger partial charge in [0.05, 0.1) is 4.92 Å². The number of carbonyl (C=O) groups excluding carboxylic acids is 2. The highest BCUT2D eigenvalue weighted by Crippen LogP contribution is 2.31. The van der Waals surface area contributed by atoms with Crippen molar-refractivity contribution >= 4 is 23.3 Å². The second-order valence-corrected chi connectivity index (χ2v) is 8.40. The summed E-state index contributed by atoms with van der Waals surface area (Å²) in [5.41, 5.74) is 1.41. The molecule has 0 spiro atoms. The topological polar surface area (TPSA) is 102 Å². The molecule has 1 amide bonds. The molecule has 1 atom stereocenters. The molecular weight excluding hydrogens is 410 g/mol. The van der Waals surface area contributed by atoms with Crippen LogP contribution in [-0.2, 0) is 16.1 Å². The third-order valence-corrected chi connectivity index (χ3v) is 5.40. The first-order chi connectivity index (χ1) is 15.3. The second kappa shape index (κ2) is 10.7. The number of benzene rings is 2. The van der Waals surface area contributed by atoms with Gasteiger partial charge in [0.25, 0.3) is 11.6 Å². The van der Waals surface area contributed by atoms with Crippen LogP contribution in [0.4, 0.5) is 11.4 Å². The van der Waals surface area contributed by atoms with E-state index >= 15 is 0 Å². The highest BCUT2D eigenvalue weighted by atomic mass is 16.6. The van der Waals surface area contributed by atoms with Crippen LogP contribution < -0.4 is 10.2 Å². The van der Waals surface area contributed by atoms with Gasteiger partial charge < -0.3 is 15.0 Å². The van der Waals surface area contributed by atoms with Crippen molar-refractivity contribution in [3.05, 3.63) is 69.8 Å². The molecule has 8 heteroatoms. The molecule has 0 unspecified atom stereocenters. The molecule has 0 aromatic heterocycles. The van der Waals surface area contributed by atoms with Crippen molar-refractivity contribution in [1.29, 1.82) is 0 Å². The number of hydrogen-bond donors (Lipinski definition) is 1. The van der Waals surface area contributed by atoms with E-state index in [4.69, 9.17) is 4.74 Å². The largest absolute Gasteiger partial charge is 0.459 e. The van der Waals surface area contributed by atoms with E-state index in [1.165, 1.54) is 6.07 Å². The summed E-state index contributed by atoms with van der Waals surface area (Å²) in [6.45, 7) is 5.52. The zero-order valence-corrected chi connectivity index (χ0v) is 18.5. The van der Waals surface area contributed by atoms with Crippen molar-refractivity contribution in [1.82, 2.24) is 5.32 Å². The Hall–Kier alpha value is -3.42. The maximum atomic E-state index is 12.9. The first-order valence-corrected chi connectivity index (χ1v) is 10.9. The van der Waals surface area contributed by atoms with E-state index in [2.05, 4.69) is 5.32 Å². The lowest BCUT2D eigenvalue weighted by Gasteiger charge is -2.20. The first-order valence-electron chi connectivity index (χ1n) is 10.9. The summed E-state index contributed by atoms with van der Waals surface area (Å²) in [5, 5.41) is 14.3. The van der Waals surface area contributed by atoms with E-state index in [1.807, 2.05) is 49.1 Å². The van der Waals surface area contributed by atoms with E-state index in [9.17, 15) is 19.7 Å². The van der Waals surface area contributed by atoms with Crippen LogP contribution in [0.3, 0.4) is 0 Å². The standard InChI is InChI=1S/C24H29N3O5/c1-17(2)14-20(24(29)32-16-18-8-4-3-5-9-18)25-23(28)19-10-11-21(22(15-19)27(30)31)26-12-6-7-13-26/h3-5,8-11,15,17,20H,6-7,12-14,16H2,1-2H3,(H,25,28)/t20-/m0/s1. The smallest absolute Gasteiger partial charge is 0.328 e. The zero-order chi connectivity index (χ0) is 23.1. The van der Waals surface area contributed by atoms with Gasteiger partial charge >= 0.3 is 5.97 Å². The van der Waals surface area contributed by atoms with Gasteiger partial charge in [-0.1, -0.05) is 44.2 Å². The van der Waals surface area contributed by atoms with Crippen LogP contribution in [0.1, 0.15) is 49.0 Å². The number of nitro benzene ring substituents is 1. The first kappa shape index (κ1) is 23.2. The Balaban J connectivity index is 1.73. The van der Waals surface area contributed by atoms with Crippen LogP contribution in [0.25, 0.3) is 0 Å². The maximum Gasteiger partial charge on any atom is 0.328 e. The fraction of sp³-hybridized carbons (Fsp3) is 0.417. The van der Waals surface area contributed by atoms with Crippen molar-refractivity contribution in [3.8, 4) is 0 Å². The molecule has 32 heavy (non-hydrogen) atoms. The molecule has 1 aliphatic rings. The van der Waals surface area contributed by atoms with Gasteiger partial charge in [-0.15, -0.1) is 0 Å². The van der Waals surface area contributed by atoms with Gasteiger partial charge in [-0.25, -0.2) is 4.79 Å². The predicted molar refractivity (Wildman–Crippen MR) is 121 cm³/mol. The van der Waals surface area contributed by atoms with Gasteiger partial charge in [0.2, 0.25) is 0 Å². The number of ether oxygens (including phenoxy) is 1. The Morgan fingerprint density at radius 2 is 1.81 bits per heavy atom. The lowest BCUT2D eigenvalue weighted by Crippen LogP contribution is -2.42. The summed E-state index contributed by atoms with van der Waals surface area (Å²) in [6, 6.07) is 12.9. The Morgan fingerprint density at radius 1 is 1.12 bits per heavy atom. The van der Waals surface area contributed by atoms with Gasteiger partial charge in [0.15, 0.2) is 0 Å². The van der Waals surface area contributed by atoms with E-state index in [0.29, 0.717) is 12.1 Å². The minimum absolute atomic E-state index is 0.105. The molecule has 3 rings (SSSR count). The van der Waals surface area contributed by atoms with E-state index in [-0.39, 0.29) is 23.8 Å². The van der Waals surface area contributed by atoms with Gasteiger partial charge in [-0.2, -0.15) is 0 Å². The minimum Gasteiger partial charge on any atom is -0.459 e. The summed E-state index contributed by atoms with van der Waals surface area (Å²) >= 11 is 0. The number of anilines is 1. The van der Waals surface area contributed by atoms with Gasteiger partial charge in [0.1, 0.15) is 18.3 Å². The number of rotatable bonds is 9. The number of nitrogens with zero attached hydrogens (tertiary/aromatic N) is 2. The average Bonchev–Trinajstić information content (AvgIpc) is 3.31. The molecule has 1 saturated heterocycles. The number of nitrogens with one attached hydrogen (secondary N) is 1. The Labute approximate surface area is 187 Å². The molecule has 1 fully saturated rings. The summed E-state index contributed by atoms with van der Waals surface area (Å²) < 4.78 is 5.41. The fourth-order valence-corrected chi connectivity index (χ4v) is 3.79. The van der Waals surface area contributed by atoms with Crippen LogP contribution in [0.5, 0.6) is 0 Å². The molecule has 1 N–H and O–H groups in total. The van der Waals surface area contributed by atoms with E-state index in [1.54, 1.807) is 12.1 Å². The molecule has 170 valence electrons. The van der Waals surface area contributed by atoms with Crippen LogP contribution in [0, 0.1) is 16.0 Å². The van der Waals surface area contributed by atoms with Crippen molar-refractivity contribution < 1.29 is 19.2 Å². The monoisotopic (exact) mass is 439 g/mol. The average molecular weight is 440 g/mol. The van der Waals surface area contributed by atoms with Crippen molar-refractivity contribution in [2.45, 2.75) is 45.8 Å². The molecule has 1 heterocycles. The SMILES string of the molecule is CC(C)C[C@H](NC(=O)c1ccc(N2CCCC2)c([N+](=O)[O-])c1)C(=O)OCc1ccccc1. The molecular formula is C24H29N3O5. The molecule has 8 nitrogen and oxygen atoms in total. The highest BCUT2D eigenvalue weighted by molar-refractivity contribution is 5.98. The summed E-state index contributed by atoms with van der Waals surface area (Å²) in [7, 11) is 0. The van der Waals surface area contributed by atoms with Crippen molar-refractivity contribution in [3.63, 3.8) is 0 Å². The van der Waals surface area contributed by atoms with E-state index < -0.39 is 22.8 Å². The van der Waals surface area contributed by atoms with E-state index in [0.717, 1.165) is 31.5 Å². The third-order valence-electron chi connectivity index (χ3n) is 5.40. The normalized spacial score (nSPS) is 14.3. The highest BCUT2D eigenvalue weighted by Gasteiger charge is 2.27. The molecule has 2 aromatic rings. The van der Waals surface area contributed by atoms with Crippen LogP contribution >= 0.6 is 0 Å².